The second-order valence-corrected chi connectivity index (χ2v) is 4.22. The normalized spacial score (nSPS) is 11.0. The maximum Gasteiger partial charge on any atom is 0.138 e. The third kappa shape index (κ3) is 1.67. The molecular weight excluding hydrogens is 224 g/mol. The zero-order valence-electron chi connectivity index (χ0n) is 10.2. The summed E-state index contributed by atoms with van der Waals surface area (Å²) in [5, 5.41) is 0. The predicted molar refractivity (Wildman–Crippen MR) is 71.5 cm³/mol. The van der Waals surface area contributed by atoms with Crippen LogP contribution in [0, 0.1) is 6.92 Å². The van der Waals surface area contributed by atoms with Crippen LogP contribution in [0.3, 0.4) is 0 Å². The first-order chi connectivity index (χ1) is 8.79. The summed E-state index contributed by atoms with van der Waals surface area (Å²) in [6, 6.07) is 12.0. The average Bonchev–Trinajstić information content (AvgIpc) is 2.82. The Morgan fingerprint density at radius 1 is 1.17 bits per heavy atom. The zero-order valence-corrected chi connectivity index (χ0v) is 10.2. The largest absolute Gasteiger partial charge is 0.326 e. The number of aryl methyl sites for hydroxylation is 1. The van der Waals surface area contributed by atoms with Crippen molar-refractivity contribution in [1.82, 2.24) is 14.5 Å². The highest BCUT2D eigenvalue weighted by Gasteiger charge is 2.06. The number of rotatable bonds is 2. The lowest BCUT2D eigenvalue weighted by molar-refractivity contribution is 0.955. The van der Waals surface area contributed by atoms with Gasteiger partial charge in [0.15, 0.2) is 0 Å². The number of imidazole rings is 1. The smallest absolute Gasteiger partial charge is 0.138 e. The Kier molecular flexibility index (Phi) is 2.57. The van der Waals surface area contributed by atoms with Crippen LogP contribution in [-0.4, -0.2) is 14.5 Å². The molecule has 0 spiro atoms. The molecule has 0 saturated carbocycles. The van der Waals surface area contributed by atoms with E-state index in [1.165, 1.54) is 0 Å². The molecule has 0 aliphatic carbocycles. The molecule has 3 rings (SSSR count). The summed E-state index contributed by atoms with van der Waals surface area (Å²) in [6.07, 6.45) is 1.80. The molecule has 0 fully saturated rings. The Hall–Kier alpha value is -2.20. The molecule has 0 radical (unpaired) electrons. The second-order valence-electron chi connectivity index (χ2n) is 4.22. The SMILES string of the molecule is Cc1nc(-n2cnc3ccccc32)ccc1CN. The van der Waals surface area contributed by atoms with Crippen LogP contribution >= 0.6 is 0 Å². The van der Waals surface area contributed by atoms with Crippen molar-refractivity contribution in [2.45, 2.75) is 13.5 Å². The van der Waals surface area contributed by atoms with E-state index in [2.05, 4.69) is 9.97 Å². The van der Waals surface area contributed by atoms with E-state index in [-0.39, 0.29) is 0 Å². The first-order valence-corrected chi connectivity index (χ1v) is 5.88. The van der Waals surface area contributed by atoms with Crippen LogP contribution in [0.4, 0.5) is 0 Å². The van der Waals surface area contributed by atoms with E-state index in [1.54, 1.807) is 6.33 Å². The number of aromatic nitrogens is 3. The molecule has 0 aliphatic heterocycles. The average molecular weight is 238 g/mol. The number of hydrogen-bond donors (Lipinski definition) is 1. The molecule has 0 bridgehead atoms. The van der Waals surface area contributed by atoms with Crippen LogP contribution in [0.1, 0.15) is 11.3 Å². The summed E-state index contributed by atoms with van der Waals surface area (Å²) < 4.78 is 1.99. The molecule has 2 aromatic heterocycles. The molecule has 18 heavy (non-hydrogen) atoms. The van der Waals surface area contributed by atoms with Gasteiger partial charge in [-0.3, -0.25) is 4.57 Å². The molecule has 0 amide bonds. The van der Waals surface area contributed by atoms with E-state index in [9.17, 15) is 0 Å². The van der Waals surface area contributed by atoms with E-state index in [4.69, 9.17) is 5.73 Å². The first-order valence-electron chi connectivity index (χ1n) is 5.88. The van der Waals surface area contributed by atoms with Crippen LogP contribution in [0.25, 0.3) is 16.9 Å². The molecule has 4 heteroatoms. The molecule has 0 aliphatic rings. The highest BCUT2D eigenvalue weighted by atomic mass is 15.1. The van der Waals surface area contributed by atoms with Gasteiger partial charge in [-0.05, 0) is 30.7 Å². The van der Waals surface area contributed by atoms with E-state index in [0.717, 1.165) is 28.1 Å². The number of fused-ring (bicyclic) bond motifs is 1. The maximum atomic E-state index is 5.65. The maximum absolute atomic E-state index is 5.65. The van der Waals surface area contributed by atoms with Crippen LogP contribution in [0.2, 0.25) is 0 Å². The summed E-state index contributed by atoms with van der Waals surface area (Å²) in [4.78, 5) is 8.95. The summed E-state index contributed by atoms with van der Waals surface area (Å²) in [5.74, 6) is 0.874. The molecule has 0 saturated heterocycles. The minimum absolute atomic E-state index is 0.518. The third-order valence-corrected chi connectivity index (χ3v) is 3.10. The summed E-state index contributed by atoms with van der Waals surface area (Å²) in [7, 11) is 0. The van der Waals surface area contributed by atoms with Crippen LogP contribution in [-0.2, 0) is 6.54 Å². The molecule has 2 N–H and O–H groups in total. The quantitative estimate of drug-likeness (QED) is 0.744. The van der Waals surface area contributed by atoms with Crippen molar-refractivity contribution < 1.29 is 0 Å². The minimum atomic E-state index is 0.518. The zero-order chi connectivity index (χ0) is 12.5. The molecular formula is C14H14N4. The van der Waals surface area contributed by atoms with Gasteiger partial charge in [0.1, 0.15) is 12.1 Å². The third-order valence-electron chi connectivity index (χ3n) is 3.10. The Bertz CT molecular complexity index is 700. The highest BCUT2D eigenvalue weighted by molar-refractivity contribution is 5.76. The lowest BCUT2D eigenvalue weighted by atomic mass is 10.2. The van der Waals surface area contributed by atoms with Crippen molar-refractivity contribution >= 4 is 11.0 Å². The van der Waals surface area contributed by atoms with Crippen molar-refractivity contribution in [3.05, 3.63) is 54.0 Å². The van der Waals surface area contributed by atoms with Gasteiger partial charge in [-0.2, -0.15) is 0 Å². The van der Waals surface area contributed by atoms with Gasteiger partial charge in [0.25, 0.3) is 0 Å². The van der Waals surface area contributed by atoms with Crippen molar-refractivity contribution in [1.29, 1.82) is 0 Å². The fraction of sp³-hybridized carbons (Fsp3) is 0.143. The van der Waals surface area contributed by atoms with Crippen LogP contribution in [0.5, 0.6) is 0 Å². The highest BCUT2D eigenvalue weighted by Crippen LogP contribution is 2.17. The predicted octanol–water partition coefficient (Wildman–Crippen LogP) is 2.19. The molecule has 2 heterocycles. The van der Waals surface area contributed by atoms with E-state index < -0.39 is 0 Å². The van der Waals surface area contributed by atoms with Crippen LogP contribution in [0.15, 0.2) is 42.7 Å². The van der Waals surface area contributed by atoms with Gasteiger partial charge in [0.2, 0.25) is 0 Å². The monoisotopic (exact) mass is 238 g/mol. The van der Waals surface area contributed by atoms with Gasteiger partial charge in [0.05, 0.1) is 11.0 Å². The number of hydrogen-bond acceptors (Lipinski definition) is 3. The number of nitrogens with two attached hydrogens (primary N) is 1. The number of nitrogens with zero attached hydrogens (tertiary/aromatic N) is 3. The molecule has 0 unspecified atom stereocenters. The Labute approximate surface area is 105 Å². The lowest BCUT2D eigenvalue weighted by Gasteiger charge is -2.07. The summed E-state index contributed by atoms with van der Waals surface area (Å²) in [6.45, 7) is 2.49. The fourth-order valence-electron chi connectivity index (χ4n) is 2.07. The Morgan fingerprint density at radius 2 is 2.00 bits per heavy atom. The van der Waals surface area contributed by atoms with Crippen molar-refractivity contribution in [2.24, 2.45) is 5.73 Å². The van der Waals surface area contributed by atoms with E-state index in [0.29, 0.717) is 6.54 Å². The number of benzene rings is 1. The van der Waals surface area contributed by atoms with E-state index in [1.807, 2.05) is 47.9 Å². The topological polar surface area (TPSA) is 56.7 Å². The van der Waals surface area contributed by atoms with Gasteiger partial charge in [-0.25, -0.2) is 9.97 Å². The summed E-state index contributed by atoms with van der Waals surface area (Å²) >= 11 is 0. The van der Waals surface area contributed by atoms with Gasteiger partial charge in [-0.15, -0.1) is 0 Å². The van der Waals surface area contributed by atoms with Gasteiger partial charge >= 0.3 is 0 Å². The first kappa shape index (κ1) is 10.9. The number of pyridine rings is 1. The van der Waals surface area contributed by atoms with Gasteiger partial charge in [-0.1, -0.05) is 18.2 Å². The van der Waals surface area contributed by atoms with Gasteiger partial charge < -0.3 is 5.73 Å². The Morgan fingerprint density at radius 3 is 2.78 bits per heavy atom. The summed E-state index contributed by atoms with van der Waals surface area (Å²) in [5.41, 5.74) is 9.72. The molecule has 3 aromatic rings. The van der Waals surface area contributed by atoms with Crippen molar-refractivity contribution in [3.63, 3.8) is 0 Å². The molecule has 4 nitrogen and oxygen atoms in total. The molecule has 90 valence electrons. The minimum Gasteiger partial charge on any atom is -0.326 e. The Balaban J connectivity index is 2.17. The van der Waals surface area contributed by atoms with Crippen molar-refractivity contribution in [3.8, 4) is 5.82 Å². The standard InChI is InChI=1S/C14H14N4/c1-10-11(8-15)6-7-14(17-10)18-9-16-12-4-2-3-5-13(12)18/h2-7,9H,8,15H2,1H3. The van der Waals surface area contributed by atoms with Crippen molar-refractivity contribution in [2.75, 3.05) is 0 Å². The van der Waals surface area contributed by atoms with Gasteiger partial charge in [0, 0.05) is 12.2 Å². The number of para-hydroxylation sites is 2. The molecule has 0 atom stereocenters. The lowest BCUT2D eigenvalue weighted by Crippen LogP contribution is -2.04. The van der Waals surface area contributed by atoms with Crippen LogP contribution < -0.4 is 5.73 Å². The second kappa shape index (κ2) is 4.23. The fourth-order valence-corrected chi connectivity index (χ4v) is 2.07. The van der Waals surface area contributed by atoms with E-state index >= 15 is 0 Å². The molecule has 1 aromatic carbocycles.